The number of aliphatic hydroxyl groups excluding tert-OH is 1. The van der Waals surface area contributed by atoms with Gasteiger partial charge in [-0.15, -0.1) is 0 Å². The molecule has 124 valence electrons. The van der Waals surface area contributed by atoms with Crippen LogP contribution in [0, 0.1) is 0 Å². The first-order valence-corrected chi connectivity index (χ1v) is 5.82. The van der Waals surface area contributed by atoms with Crippen molar-refractivity contribution in [1.29, 1.82) is 0 Å². The van der Waals surface area contributed by atoms with Gasteiger partial charge in [0.25, 0.3) is 6.43 Å². The zero-order valence-corrected chi connectivity index (χ0v) is 10.5. The molecule has 0 bridgehead atoms. The average Bonchev–Trinajstić information content (AvgIpc) is 2.57. The molecule has 0 spiro atoms. The molecule has 2 atom stereocenters. The van der Waals surface area contributed by atoms with Gasteiger partial charge in [-0.3, -0.25) is 0 Å². The molecule has 0 heterocycles. The number of hydrogen-bond acceptors (Lipinski definition) is 2. The maximum Gasteiger partial charge on any atom is 0.416 e. The zero-order chi connectivity index (χ0) is 16.9. The monoisotopic (exact) mass is 336 g/mol. The lowest BCUT2D eigenvalue weighted by atomic mass is 10.0. The average molecular weight is 336 g/mol. The van der Waals surface area contributed by atoms with Crippen molar-refractivity contribution >= 4 is 0 Å². The van der Waals surface area contributed by atoms with E-state index in [1.807, 2.05) is 0 Å². The number of rotatable bonds is 3. The molecular weight excluding hydrogens is 328 g/mol. The van der Waals surface area contributed by atoms with E-state index in [0.717, 1.165) is 0 Å². The maximum atomic E-state index is 13.8. The molecule has 1 aromatic carbocycles. The highest BCUT2D eigenvalue weighted by Crippen LogP contribution is 2.57. The highest BCUT2D eigenvalue weighted by molar-refractivity contribution is 5.53. The Morgan fingerprint density at radius 1 is 1.18 bits per heavy atom. The Balaban J connectivity index is 2.61. The van der Waals surface area contributed by atoms with Crippen LogP contribution in [-0.4, -0.2) is 24.1 Å². The van der Waals surface area contributed by atoms with Crippen molar-refractivity contribution in [3.05, 3.63) is 28.8 Å². The maximum absolute atomic E-state index is 13.8. The number of alkyl halides is 8. The van der Waals surface area contributed by atoms with Crippen LogP contribution >= 0.6 is 0 Å². The van der Waals surface area contributed by atoms with E-state index in [-0.39, 0.29) is 6.07 Å². The Morgan fingerprint density at radius 2 is 1.77 bits per heavy atom. The summed E-state index contributed by atoms with van der Waals surface area (Å²) in [7, 11) is 0. The van der Waals surface area contributed by atoms with Gasteiger partial charge in [0.2, 0.25) is 0 Å². The minimum absolute atomic E-state index is 0.275. The fourth-order valence-corrected chi connectivity index (χ4v) is 2.22. The number of fused-ring (bicyclic) bond motifs is 1. The van der Waals surface area contributed by atoms with E-state index in [4.69, 9.17) is 0 Å². The minimum atomic E-state index is -5.13. The van der Waals surface area contributed by atoms with Crippen LogP contribution in [0.3, 0.4) is 0 Å². The number of benzene rings is 1. The fraction of sp³-hybridized carbons (Fsp3) is 0.500. The molecule has 0 amide bonds. The van der Waals surface area contributed by atoms with E-state index in [0.29, 0.717) is 6.07 Å². The number of halogens is 8. The molecule has 10 heteroatoms. The molecular formula is C12H8F8O2. The van der Waals surface area contributed by atoms with E-state index < -0.39 is 59.8 Å². The van der Waals surface area contributed by atoms with Crippen LogP contribution in [0.25, 0.3) is 0 Å². The number of hydrogen-bond donors (Lipinski definition) is 1. The number of ether oxygens (including phenoxy) is 1. The highest BCUT2D eigenvalue weighted by Gasteiger charge is 2.60. The van der Waals surface area contributed by atoms with Crippen molar-refractivity contribution in [3.8, 4) is 5.75 Å². The molecule has 0 unspecified atom stereocenters. The van der Waals surface area contributed by atoms with Crippen molar-refractivity contribution in [2.45, 2.75) is 30.8 Å². The first-order chi connectivity index (χ1) is 9.98. The Hall–Kier alpha value is -1.58. The molecule has 2 rings (SSSR count). The fourth-order valence-electron chi connectivity index (χ4n) is 2.22. The third kappa shape index (κ3) is 2.59. The standard InChI is InChI=1S/C12H8F8O2/c13-6(14)3-22-5-2-1-4(12(18,19)20)7-8(5)9(15)11(16,17)10(7)21/h1-2,6,9-10,21H,3H2/t9-,10+/m1/s1. The normalized spacial score (nSPS) is 23.7. The predicted molar refractivity (Wildman–Crippen MR) is 56.7 cm³/mol. The lowest BCUT2D eigenvalue weighted by Crippen LogP contribution is -2.25. The largest absolute Gasteiger partial charge is 0.487 e. The molecule has 1 aliphatic carbocycles. The predicted octanol–water partition coefficient (Wildman–Crippen LogP) is 4.04. The third-order valence-electron chi connectivity index (χ3n) is 3.15. The molecule has 1 N–H and O–H groups in total. The van der Waals surface area contributed by atoms with E-state index in [1.54, 1.807) is 0 Å². The van der Waals surface area contributed by atoms with E-state index in [2.05, 4.69) is 4.74 Å². The molecule has 0 aliphatic heterocycles. The topological polar surface area (TPSA) is 29.5 Å². The molecule has 0 saturated heterocycles. The lowest BCUT2D eigenvalue weighted by Gasteiger charge is -2.17. The number of aliphatic hydroxyl groups is 1. The van der Waals surface area contributed by atoms with Crippen LogP contribution < -0.4 is 4.74 Å². The van der Waals surface area contributed by atoms with Crippen molar-refractivity contribution < 1.29 is 45.0 Å². The first kappa shape index (κ1) is 16.8. The van der Waals surface area contributed by atoms with Gasteiger partial charge in [-0.2, -0.15) is 22.0 Å². The minimum Gasteiger partial charge on any atom is -0.487 e. The van der Waals surface area contributed by atoms with Gasteiger partial charge in [0.05, 0.1) is 5.56 Å². The van der Waals surface area contributed by atoms with E-state index >= 15 is 0 Å². The lowest BCUT2D eigenvalue weighted by molar-refractivity contribution is -0.152. The van der Waals surface area contributed by atoms with E-state index in [9.17, 15) is 40.2 Å². The summed E-state index contributed by atoms with van der Waals surface area (Å²) in [6.45, 7) is -1.31. The second-order valence-corrected chi connectivity index (χ2v) is 4.58. The summed E-state index contributed by atoms with van der Waals surface area (Å²) in [4.78, 5) is 0. The summed E-state index contributed by atoms with van der Waals surface area (Å²) in [6, 6.07) is 0.752. The molecule has 0 radical (unpaired) electrons. The van der Waals surface area contributed by atoms with Crippen molar-refractivity contribution in [3.63, 3.8) is 0 Å². The summed E-state index contributed by atoms with van der Waals surface area (Å²) in [5, 5.41) is 9.33. The molecule has 22 heavy (non-hydrogen) atoms. The van der Waals surface area contributed by atoms with Gasteiger partial charge in [0.15, 0.2) is 6.17 Å². The van der Waals surface area contributed by atoms with Crippen molar-refractivity contribution in [1.82, 2.24) is 0 Å². The summed E-state index contributed by atoms with van der Waals surface area (Å²) in [6.07, 6.45) is -14.5. The van der Waals surface area contributed by atoms with Gasteiger partial charge in [0.1, 0.15) is 18.5 Å². The summed E-state index contributed by atoms with van der Waals surface area (Å²) in [5.74, 6) is -5.40. The van der Waals surface area contributed by atoms with Gasteiger partial charge in [-0.1, -0.05) is 0 Å². The van der Waals surface area contributed by atoms with Crippen LogP contribution in [0.5, 0.6) is 5.75 Å². The van der Waals surface area contributed by atoms with Crippen LogP contribution in [0.2, 0.25) is 0 Å². The SMILES string of the molecule is O[C@H]1c2c(C(F)(F)F)ccc(OCC(F)F)c2[C@@H](F)C1(F)F. The second kappa shape index (κ2) is 5.25. The third-order valence-corrected chi connectivity index (χ3v) is 3.15. The van der Waals surface area contributed by atoms with Crippen molar-refractivity contribution in [2.24, 2.45) is 0 Å². The molecule has 1 aliphatic rings. The smallest absolute Gasteiger partial charge is 0.416 e. The summed E-state index contributed by atoms with van der Waals surface area (Å²) >= 11 is 0. The molecule has 2 nitrogen and oxygen atoms in total. The Morgan fingerprint density at radius 3 is 2.27 bits per heavy atom. The quantitative estimate of drug-likeness (QED) is 0.844. The molecule has 0 aromatic heterocycles. The first-order valence-electron chi connectivity index (χ1n) is 5.82. The zero-order valence-electron chi connectivity index (χ0n) is 10.5. The second-order valence-electron chi connectivity index (χ2n) is 4.58. The van der Waals surface area contributed by atoms with Crippen LogP contribution in [0.15, 0.2) is 12.1 Å². The van der Waals surface area contributed by atoms with Gasteiger partial charge >= 0.3 is 12.1 Å². The van der Waals surface area contributed by atoms with E-state index in [1.165, 1.54) is 0 Å². The Kier molecular flexibility index (Phi) is 4.01. The molecule has 1 aromatic rings. The van der Waals surface area contributed by atoms with Crippen LogP contribution in [0.4, 0.5) is 35.1 Å². The van der Waals surface area contributed by atoms with Gasteiger partial charge in [-0.05, 0) is 12.1 Å². The molecule has 0 fully saturated rings. The van der Waals surface area contributed by atoms with Crippen molar-refractivity contribution in [2.75, 3.05) is 6.61 Å². The highest BCUT2D eigenvalue weighted by atomic mass is 19.4. The molecule has 0 saturated carbocycles. The van der Waals surface area contributed by atoms with Gasteiger partial charge in [0, 0.05) is 11.1 Å². The van der Waals surface area contributed by atoms with Crippen LogP contribution in [-0.2, 0) is 6.18 Å². The van der Waals surface area contributed by atoms with Crippen LogP contribution in [0.1, 0.15) is 29.0 Å². The Bertz CT molecular complexity index is 569. The summed E-state index contributed by atoms with van der Waals surface area (Å²) in [5.41, 5.74) is -4.32. The van der Waals surface area contributed by atoms with Gasteiger partial charge < -0.3 is 9.84 Å². The van der Waals surface area contributed by atoms with Gasteiger partial charge in [-0.25, -0.2) is 13.2 Å². The Labute approximate surface area is 118 Å². The summed E-state index contributed by atoms with van der Waals surface area (Å²) < 4.78 is 108.